The van der Waals surface area contributed by atoms with Gasteiger partial charge in [0, 0.05) is 23.7 Å². The molecule has 1 aliphatic rings. The Hall–Kier alpha value is -4.36. The Balaban J connectivity index is 1.48. The monoisotopic (exact) mass is 576 g/mol. The summed E-state index contributed by atoms with van der Waals surface area (Å²) in [5.41, 5.74) is 10.2. The fraction of sp³-hybridized carbons (Fsp3) is 0.444. The number of amides is 3. The second-order valence-electron chi connectivity index (χ2n) is 10.4. The van der Waals surface area contributed by atoms with Gasteiger partial charge in [0.2, 0.25) is 11.8 Å². The molecule has 220 valence electrons. The smallest absolute Gasteiger partial charge is 0.392 e. The summed E-state index contributed by atoms with van der Waals surface area (Å²) in [7, 11) is 0. The number of nitrogens with two attached hydrogens (primary N) is 2. The minimum absolute atomic E-state index is 0.0362. The van der Waals surface area contributed by atoms with Gasteiger partial charge in [0.1, 0.15) is 23.0 Å². The molecule has 14 heteroatoms. The van der Waals surface area contributed by atoms with Gasteiger partial charge in [-0.1, -0.05) is 0 Å². The third-order valence-electron chi connectivity index (χ3n) is 6.98. The third-order valence-corrected chi connectivity index (χ3v) is 6.98. The van der Waals surface area contributed by atoms with E-state index < -0.39 is 42.5 Å². The van der Waals surface area contributed by atoms with Gasteiger partial charge in [0.15, 0.2) is 5.69 Å². The second kappa shape index (κ2) is 11.6. The van der Waals surface area contributed by atoms with E-state index in [9.17, 15) is 27.6 Å². The molecule has 0 saturated heterocycles. The number of primary amides is 2. The molecule has 3 aromatic rings. The van der Waals surface area contributed by atoms with Crippen molar-refractivity contribution in [3.05, 3.63) is 47.8 Å². The lowest BCUT2D eigenvalue weighted by atomic mass is 9.92. The fourth-order valence-electron chi connectivity index (χ4n) is 4.58. The van der Waals surface area contributed by atoms with Crippen LogP contribution in [-0.4, -0.2) is 57.4 Å². The first-order valence-corrected chi connectivity index (χ1v) is 13.0. The van der Waals surface area contributed by atoms with E-state index in [2.05, 4.69) is 15.4 Å². The maximum atomic E-state index is 13.3. The Morgan fingerprint density at radius 3 is 2.44 bits per heavy atom. The van der Waals surface area contributed by atoms with E-state index in [0.717, 1.165) is 0 Å². The number of pyridine rings is 1. The van der Waals surface area contributed by atoms with E-state index in [1.807, 2.05) is 0 Å². The molecule has 1 aromatic carbocycles. The van der Waals surface area contributed by atoms with Crippen molar-refractivity contribution in [2.24, 2.45) is 11.5 Å². The molecule has 0 spiro atoms. The quantitative estimate of drug-likeness (QED) is 0.333. The molecule has 0 aliphatic heterocycles. The average molecular weight is 577 g/mol. The summed E-state index contributed by atoms with van der Waals surface area (Å²) < 4.78 is 50.1. The van der Waals surface area contributed by atoms with E-state index in [1.54, 1.807) is 6.07 Å². The third kappa shape index (κ3) is 6.87. The van der Waals surface area contributed by atoms with Gasteiger partial charge in [-0.05, 0) is 63.8 Å². The number of nitrogens with zero attached hydrogens (tertiary/aromatic N) is 3. The summed E-state index contributed by atoms with van der Waals surface area (Å²) in [4.78, 5) is 41.3. The van der Waals surface area contributed by atoms with Crippen LogP contribution in [0.5, 0.6) is 11.6 Å². The van der Waals surface area contributed by atoms with Gasteiger partial charge in [-0.25, -0.2) is 9.67 Å². The average Bonchev–Trinajstić information content (AvgIpc) is 3.29. The zero-order valence-corrected chi connectivity index (χ0v) is 22.5. The predicted octanol–water partition coefficient (Wildman–Crippen LogP) is 3.20. The molecule has 1 fully saturated rings. The van der Waals surface area contributed by atoms with E-state index in [4.69, 9.17) is 20.9 Å². The van der Waals surface area contributed by atoms with Gasteiger partial charge in [-0.3, -0.25) is 14.4 Å². The number of ether oxygens (including phenoxy) is 2. The first-order chi connectivity index (χ1) is 19.3. The Bertz CT molecular complexity index is 1450. The Morgan fingerprint density at radius 1 is 1.10 bits per heavy atom. The van der Waals surface area contributed by atoms with Crippen molar-refractivity contribution in [2.75, 3.05) is 6.61 Å². The Labute approximate surface area is 233 Å². The van der Waals surface area contributed by atoms with Gasteiger partial charge >= 0.3 is 6.18 Å². The zero-order chi connectivity index (χ0) is 29.9. The maximum absolute atomic E-state index is 13.3. The minimum Gasteiger partial charge on any atom is -0.493 e. The first kappa shape index (κ1) is 29.6. The standard InChI is InChI=1S/C27H31F3N6O5/c1-26(2,25(32)39)36-20-14-17(40-13-11-27(28,29)30)9-10-18(20)21(35-36)23(38)34-15-5-7-16(8-6-15)41-24-19(22(31)37)4-3-12-33-24/h3-4,9-10,12,14-16H,5-8,11,13H2,1-2H3,(H2,31,37)(H2,32,39)(H,34,38)/t15-,16-. The molecule has 41 heavy (non-hydrogen) atoms. The van der Waals surface area contributed by atoms with Crippen LogP contribution in [0.1, 0.15) is 66.8 Å². The molecule has 4 rings (SSSR count). The van der Waals surface area contributed by atoms with Crippen molar-refractivity contribution in [1.29, 1.82) is 0 Å². The molecule has 0 atom stereocenters. The molecule has 1 aliphatic carbocycles. The minimum atomic E-state index is -4.37. The molecule has 3 amide bonds. The molecular weight excluding hydrogens is 545 g/mol. The van der Waals surface area contributed by atoms with Gasteiger partial charge in [-0.15, -0.1) is 0 Å². The van der Waals surface area contributed by atoms with Crippen molar-refractivity contribution < 1.29 is 37.0 Å². The number of carbonyl (C=O) groups excluding carboxylic acids is 3. The molecule has 0 bridgehead atoms. The summed E-state index contributed by atoms with van der Waals surface area (Å²) in [6.45, 7) is 2.45. The zero-order valence-electron chi connectivity index (χ0n) is 22.5. The lowest BCUT2D eigenvalue weighted by Gasteiger charge is -2.29. The van der Waals surface area contributed by atoms with Crippen LogP contribution >= 0.6 is 0 Å². The number of aromatic nitrogens is 3. The number of fused-ring (bicyclic) bond motifs is 1. The van der Waals surface area contributed by atoms with Crippen molar-refractivity contribution >= 4 is 28.6 Å². The molecule has 1 saturated carbocycles. The molecule has 11 nitrogen and oxygen atoms in total. The summed E-state index contributed by atoms with van der Waals surface area (Å²) in [6.07, 6.45) is -1.88. The predicted molar refractivity (Wildman–Crippen MR) is 141 cm³/mol. The molecule has 0 unspecified atom stereocenters. The number of hydrogen-bond acceptors (Lipinski definition) is 7. The molecule has 2 aromatic heterocycles. The van der Waals surface area contributed by atoms with E-state index in [0.29, 0.717) is 36.6 Å². The van der Waals surface area contributed by atoms with Crippen molar-refractivity contribution in [3.63, 3.8) is 0 Å². The van der Waals surface area contributed by atoms with E-state index in [1.165, 1.54) is 49.0 Å². The van der Waals surface area contributed by atoms with E-state index in [-0.39, 0.29) is 35.0 Å². The lowest BCUT2D eigenvalue weighted by Crippen LogP contribution is -2.42. The number of alkyl halides is 3. The summed E-state index contributed by atoms with van der Waals surface area (Å²) in [5.74, 6) is -1.54. The molecule has 5 N–H and O–H groups in total. The Morgan fingerprint density at radius 2 is 1.80 bits per heavy atom. The van der Waals surface area contributed by atoms with Crippen LogP contribution in [-0.2, 0) is 10.3 Å². The van der Waals surface area contributed by atoms with Crippen LogP contribution in [0.15, 0.2) is 36.5 Å². The summed E-state index contributed by atoms with van der Waals surface area (Å²) >= 11 is 0. The highest BCUT2D eigenvalue weighted by Crippen LogP contribution is 2.30. The fourth-order valence-corrected chi connectivity index (χ4v) is 4.58. The van der Waals surface area contributed by atoms with Crippen molar-refractivity contribution in [1.82, 2.24) is 20.1 Å². The van der Waals surface area contributed by atoms with Crippen LogP contribution in [0.3, 0.4) is 0 Å². The number of nitrogens with one attached hydrogen (secondary N) is 1. The first-order valence-electron chi connectivity index (χ1n) is 13.0. The van der Waals surface area contributed by atoms with Crippen LogP contribution in [0, 0.1) is 0 Å². The highest BCUT2D eigenvalue weighted by molar-refractivity contribution is 6.05. The van der Waals surface area contributed by atoms with Gasteiger partial charge < -0.3 is 26.3 Å². The number of hydrogen-bond donors (Lipinski definition) is 3. The maximum Gasteiger partial charge on any atom is 0.392 e. The highest BCUT2D eigenvalue weighted by atomic mass is 19.4. The van der Waals surface area contributed by atoms with Crippen molar-refractivity contribution in [2.45, 2.75) is 69.8 Å². The highest BCUT2D eigenvalue weighted by Gasteiger charge is 2.33. The number of carbonyl (C=O) groups is 3. The summed E-state index contributed by atoms with van der Waals surface area (Å²) in [5, 5.41) is 7.75. The van der Waals surface area contributed by atoms with Gasteiger partial charge in [-0.2, -0.15) is 18.3 Å². The van der Waals surface area contributed by atoms with Crippen LogP contribution in [0.4, 0.5) is 13.2 Å². The number of benzene rings is 1. The largest absolute Gasteiger partial charge is 0.493 e. The molecular formula is C27H31F3N6O5. The topological polar surface area (TPSA) is 164 Å². The van der Waals surface area contributed by atoms with Crippen molar-refractivity contribution in [3.8, 4) is 11.6 Å². The lowest BCUT2D eigenvalue weighted by molar-refractivity contribution is -0.139. The van der Waals surface area contributed by atoms with E-state index >= 15 is 0 Å². The number of halogens is 3. The molecule has 2 heterocycles. The number of rotatable bonds is 10. The second-order valence-corrected chi connectivity index (χ2v) is 10.4. The van der Waals surface area contributed by atoms with Crippen LogP contribution in [0.25, 0.3) is 10.9 Å². The Kier molecular flexibility index (Phi) is 8.40. The molecule has 0 radical (unpaired) electrons. The SMILES string of the molecule is CC(C)(C(N)=O)n1nc(C(=O)N[C@H]2CC[C@H](Oc3ncccc3C(N)=O)CC2)c2ccc(OCCC(F)(F)F)cc21. The van der Waals surface area contributed by atoms with Gasteiger partial charge in [0.25, 0.3) is 11.8 Å². The van der Waals surface area contributed by atoms with Gasteiger partial charge in [0.05, 0.1) is 18.5 Å². The van der Waals surface area contributed by atoms with Crippen LogP contribution in [0.2, 0.25) is 0 Å². The van der Waals surface area contributed by atoms with Crippen LogP contribution < -0.4 is 26.3 Å². The normalized spacial score (nSPS) is 17.7. The summed E-state index contributed by atoms with van der Waals surface area (Å²) in [6, 6.07) is 7.33.